The molecule has 2 aromatic heterocycles. The van der Waals surface area contributed by atoms with E-state index >= 15 is 0 Å². The fourth-order valence-corrected chi connectivity index (χ4v) is 3.82. The quantitative estimate of drug-likeness (QED) is 0.355. The van der Waals surface area contributed by atoms with Crippen LogP contribution in [0.4, 0.5) is 4.39 Å². The molecule has 2 heterocycles. The van der Waals surface area contributed by atoms with Gasteiger partial charge in [0.05, 0.1) is 11.4 Å². The lowest BCUT2D eigenvalue weighted by Crippen LogP contribution is -2.21. The van der Waals surface area contributed by atoms with Crippen LogP contribution in [0.15, 0.2) is 64.8 Å². The summed E-state index contributed by atoms with van der Waals surface area (Å²) in [5.74, 6) is -0.485. The Balaban J connectivity index is 1.62. The highest BCUT2D eigenvalue weighted by Gasteiger charge is 2.15. The lowest BCUT2D eigenvalue weighted by atomic mass is 10.1. The molecule has 0 aliphatic rings. The average Bonchev–Trinajstić information content (AvgIpc) is 3.13. The SMILES string of the molecule is Cc1ccc(Cl)cc1-n1ccn2c(SCC(=O)c3ccc(F)cc3)nnc2c1=O. The third-order valence-corrected chi connectivity index (χ3v) is 5.55. The molecule has 4 rings (SSSR count). The van der Waals surface area contributed by atoms with E-state index in [1.165, 1.54) is 28.8 Å². The first-order valence-corrected chi connectivity index (χ1v) is 9.95. The van der Waals surface area contributed by atoms with E-state index in [0.29, 0.717) is 21.4 Å². The monoisotopic (exact) mass is 428 g/mol. The van der Waals surface area contributed by atoms with Crippen LogP contribution < -0.4 is 5.56 Å². The van der Waals surface area contributed by atoms with Crippen LogP contribution in [0.2, 0.25) is 5.02 Å². The fraction of sp³-hybridized carbons (Fsp3) is 0.100. The molecule has 0 saturated heterocycles. The van der Waals surface area contributed by atoms with Gasteiger partial charge in [-0.25, -0.2) is 4.39 Å². The highest BCUT2D eigenvalue weighted by Crippen LogP contribution is 2.20. The number of carbonyl (C=O) groups is 1. The maximum atomic E-state index is 13.0. The Labute approximate surface area is 174 Å². The van der Waals surface area contributed by atoms with Gasteiger partial charge in [-0.2, -0.15) is 0 Å². The van der Waals surface area contributed by atoms with Crippen molar-refractivity contribution in [2.24, 2.45) is 0 Å². The highest BCUT2D eigenvalue weighted by molar-refractivity contribution is 7.99. The lowest BCUT2D eigenvalue weighted by Gasteiger charge is -2.10. The van der Waals surface area contributed by atoms with Crippen LogP contribution in [0.1, 0.15) is 15.9 Å². The zero-order valence-electron chi connectivity index (χ0n) is 15.2. The van der Waals surface area contributed by atoms with Crippen LogP contribution in [-0.2, 0) is 0 Å². The Morgan fingerprint density at radius 2 is 1.90 bits per heavy atom. The predicted molar refractivity (Wildman–Crippen MR) is 110 cm³/mol. The zero-order valence-corrected chi connectivity index (χ0v) is 16.7. The van der Waals surface area contributed by atoms with Gasteiger partial charge in [-0.1, -0.05) is 29.4 Å². The first kappa shape index (κ1) is 19.4. The molecular weight excluding hydrogens is 415 g/mol. The van der Waals surface area contributed by atoms with Gasteiger partial charge in [-0.05, 0) is 48.9 Å². The molecule has 0 bridgehead atoms. The Bertz CT molecular complexity index is 1280. The average molecular weight is 429 g/mol. The summed E-state index contributed by atoms with van der Waals surface area (Å²) in [6, 6.07) is 10.7. The molecule has 6 nitrogen and oxygen atoms in total. The number of benzene rings is 2. The standard InChI is InChI=1S/C20H14ClFN4O2S/c1-12-2-5-14(21)10-16(12)25-8-9-26-18(19(25)28)23-24-20(26)29-11-17(27)13-3-6-15(22)7-4-13/h2-10H,11H2,1H3. The van der Waals surface area contributed by atoms with Crippen LogP contribution in [0.3, 0.4) is 0 Å². The number of aromatic nitrogens is 4. The molecule has 0 amide bonds. The molecule has 0 radical (unpaired) electrons. The molecule has 0 aliphatic carbocycles. The lowest BCUT2D eigenvalue weighted by molar-refractivity contribution is 0.102. The van der Waals surface area contributed by atoms with Gasteiger partial charge in [0.2, 0.25) is 5.65 Å². The van der Waals surface area contributed by atoms with Crippen molar-refractivity contribution in [3.8, 4) is 5.69 Å². The van der Waals surface area contributed by atoms with E-state index in [9.17, 15) is 14.0 Å². The molecular formula is C20H14ClFN4O2S. The molecule has 0 aliphatic heterocycles. The summed E-state index contributed by atoms with van der Waals surface area (Å²) >= 11 is 7.22. The molecule has 0 fully saturated rings. The summed E-state index contributed by atoms with van der Waals surface area (Å²) in [4.78, 5) is 25.2. The molecule has 0 unspecified atom stereocenters. The second kappa shape index (κ2) is 7.81. The third kappa shape index (κ3) is 3.81. The first-order chi connectivity index (χ1) is 13.9. The molecule has 146 valence electrons. The summed E-state index contributed by atoms with van der Waals surface area (Å²) in [7, 11) is 0. The zero-order chi connectivity index (χ0) is 20.5. The van der Waals surface area contributed by atoms with Gasteiger partial charge >= 0.3 is 5.56 Å². The minimum absolute atomic E-state index is 0.0862. The van der Waals surface area contributed by atoms with Crippen molar-refractivity contribution in [1.82, 2.24) is 19.2 Å². The number of fused-ring (bicyclic) bond motifs is 1. The number of hydrogen-bond donors (Lipinski definition) is 0. The molecule has 29 heavy (non-hydrogen) atoms. The second-order valence-electron chi connectivity index (χ2n) is 6.30. The molecule has 9 heteroatoms. The number of halogens is 2. The van der Waals surface area contributed by atoms with Gasteiger partial charge < -0.3 is 0 Å². The van der Waals surface area contributed by atoms with E-state index in [-0.39, 0.29) is 22.7 Å². The smallest absolute Gasteiger partial charge is 0.293 e. The summed E-state index contributed by atoms with van der Waals surface area (Å²) in [5, 5.41) is 8.96. The summed E-state index contributed by atoms with van der Waals surface area (Å²) < 4.78 is 16.0. The predicted octanol–water partition coefficient (Wildman–Crippen LogP) is 3.96. The molecule has 4 aromatic rings. The van der Waals surface area contributed by atoms with Gasteiger partial charge in [0.25, 0.3) is 0 Å². The van der Waals surface area contributed by atoms with E-state index in [1.807, 2.05) is 13.0 Å². The topological polar surface area (TPSA) is 69.3 Å². The minimum Gasteiger partial charge on any atom is -0.293 e. The number of aryl methyl sites for hydroxylation is 1. The Morgan fingerprint density at radius 3 is 2.66 bits per heavy atom. The van der Waals surface area contributed by atoms with Crippen LogP contribution in [0.5, 0.6) is 0 Å². The van der Waals surface area contributed by atoms with Crippen LogP contribution >= 0.6 is 23.4 Å². The molecule has 0 saturated carbocycles. The number of carbonyl (C=O) groups excluding carboxylic acids is 1. The van der Waals surface area contributed by atoms with Crippen LogP contribution in [-0.4, -0.2) is 30.7 Å². The van der Waals surface area contributed by atoms with Gasteiger partial charge in [0.15, 0.2) is 10.9 Å². The minimum atomic E-state index is -0.399. The van der Waals surface area contributed by atoms with E-state index in [0.717, 1.165) is 17.3 Å². The summed E-state index contributed by atoms with van der Waals surface area (Å²) in [6.45, 7) is 1.88. The van der Waals surface area contributed by atoms with E-state index in [1.54, 1.807) is 28.9 Å². The molecule has 0 spiro atoms. The van der Waals surface area contributed by atoms with Crippen molar-refractivity contribution in [3.63, 3.8) is 0 Å². The summed E-state index contributed by atoms with van der Waals surface area (Å²) in [6.07, 6.45) is 3.28. The normalized spacial score (nSPS) is 11.1. The largest absolute Gasteiger partial charge is 0.300 e. The van der Waals surface area contributed by atoms with Crippen molar-refractivity contribution >= 4 is 34.8 Å². The van der Waals surface area contributed by atoms with Crippen molar-refractivity contribution in [3.05, 3.63) is 87.2 Å². The number of rotatable bonds is 5. The van der Waals surface area contributed by atoms with Crippen LogP contribution in [0.25, 0.3) is 11.3 Å². The third-order valence-electron chi connectivity index (χ3n) is 4.37. The number of hydrogen-bond acceptors (Lipinski definition) is 5. The number of thioether (sulfide) groups is 1. The number of nitrogens with zero attached hydrogens (tertiary/aromatic N) is 4. The highest BCUT2D eigenvalue weighted by atomic mass is 35.5. The Hall–Kier alpha value is -2.97. The van der Waals surface area contributed by atoms with Crippen LogP contribution in [0, 0.1) is 12.7 Å². The van der Waals surface area contributed by atoms with E-state index in [2.05, 4.69) is 10.2 Å². The maximum absolute atomic E-state index is 13.0. The summed E-state index contributed by atoms with van der Waals surface area (Å²) in [5.41, 5.74) is 1.76. The van der Waals surface area contributed by atoms with Gasteiger partial charge in [-0.3, -0.25) is 18.6 Å². The fourth-order valence-electron chi connectivity index (χ4n) is 2.85. The van der Waals surface area contributed by atoms with Crippen molar-refractivity contribution < 1.29 is 9.18 Å². The van der Waals surface area contributed by atoms with E-state index < -0.39 is 5.82 Å². The molecule has 2 aromatic carbocycles. The number of ketones is 1. The maximum Gasteiger partial charge on any atom is 0.300 e. The number of Topliss-reactive ketones (excluding diaryl/α,β-unsaturated/α-hetero) is 1. The second-order valence-corrected chi connectivity index (χ2v) is 7.68. The van der Waals surface area contributed by atoms with Gasteiger partial charge in [0.1, 0.15) is 5.82 Å². The van der Waals surface area contributed by atoms with Crippen molar-refractivity contribution in [2.45, 2.75) is 12.1 Å². The molecule has 0 N–H and O–H groups in total. The van der Waals surface area contributed by atoms with Gasteiger partial charge in [0, 0.05) is 23.0 Å². The Kier molecular flexibility index (Phi) is 5.21. The van der Waals surface area contributed by atoms with Crippen molar-refractivity contribution in [2.75, 3.05) is 5.75 Å². The molecule has 0 atom stereocenters. The van der Waals surface area contributed by atoms with Gasteiger partial charge in [-0.15, -0.1) is 10.2 Å². The van der Waals surface area contributed by atoms with Crippen molar-refractivity contribution in [1.29, 1.82) is 0 Å². The first-order valence-electron chi connectivity index (χ1n) is 8.58. The Morgan fingerprint density at radius 1 is 1.14 bits per heavy atom. The van der Waals surface area contributed by atoms with E-state index in [4.69, 9.17) is 11.6 Å².